The highest BCUT2D eigenvalue weighted by Crippen LogP contribution is 2.30. The highest BCUT2D eigenvalue weighted by Gasteiger charge is 2.36. The summed E-state index contributed by atoms with van der Waals surface area (Å²) in [6.07, 6.45) is -3.26. The second kappa shape index (κ2) is 8.85. The number of para-hydroxylation sites is 1. The molecule has 1 atom stereocenters. The fraction of sp³-hybridized carbons (Fsp3) is 0.333. The van der Waals surface area contributed by atoms with E-state index in [0.717, 1.165) is 10.7 Å². The molecule has 1 aliphatic heterocycles. The first-order chi connectivity index (χ1) is 17.2. The van der Waals surface area contributed by atoms with E-state index in [9.17, 15) is 22.8 Å². The summed E-state index contributed by atoms with van der Waals surface area (Å²) >= 11 is 0. The number of nitrogens with one attached hydrogen (secondary N) is 1. The third kappa shape index (κ3) is 4.01. The normalized spacial score (nSPS) is 16.1. The van der Waals surface area contributed by atoms with Crippen LogP contribution >= 0.6 is 0 Å². The lowest BCUT2D eigenvalue weighted by Crippen LogP contribution is -2.39. The molecule has 0 radical (unpaired) electrons. The Bertz CT molecular complexity index is 1490. The van der Waals surface area contributed by atoms with E-state index in [1.165, 1.54) is 10.7 Å². The van der Waals surface area contributed by atoms with Gasteiger partial charge in [-0.2, -0.15) is 13.2 Å². The van der Waals surface area contributed by atoms with E-state index < -0.39 is 23.3 Å². The molecule has 1 saturated heterocycles. The Morgan fingerprint density at radius 1 is 1.17 bits per heavy atom. The van der Waals surface area contributed by atoms with Crippen LogP contribution in [0.25, 0.3) is 11.3 Å². The maximum absolute atomic E-state index is 13.3. The minimum Gasteiger partial charge on any atom is -0.353 e. The number of aromatic nitrogens is 5. The summed E-state index contributed by atoms with van der Waals surface area (Å²) in [5.74, 6) is -0.124. The Balaban J connectivity index is 1.36. The number of imidazole rings is 1. The monoisotopic (exact) mass is 499 g/mol. The van der Waals surface area contributed by atoms with Gasteiger partial charge in [0.1, 0.15) is 11.4 Å². The summed E-state index contributed by atoms with van der Waals surface area (Å²) in [6, 6.07) is 11.9. The molecule has 3 aromatic heterocycles. The van der Waals surface area contributed by atoms with Gasteiger partial charge in [0, 0.05) is 25.7 Å². The Morgan fingerprint density at radius 3 is 2.61 bits per heavy atom. The molecule has 12 heteroatoms. The minimum atomic E-state index is -4.58. The van der Waals surface area contributed by atoms with Crippen LogP contribution in [0.2, 0.25) is 0 Å². The number of carbonyl (C=O) groups is 1. The molecule has 5 rings (SSSR count). The van der Waals surface area contributed by atoms with Crippen molar-refractivity contribution < 1.29 is 18.0 Å². The summed E-state index contributed by atoms with van der Waals surface area (Å²) in [7, 11) is 0. The van der Waals surface area contributed by atoms with Gasteiger partial charge in [0.15, 0.2) is 11.3 Å². The molecule has 1 N–H and O–H groups in total. The van der Waals surface area contributed by atoms with Crippen LogP contribution in [0.5, 0.6) is 0 Å². The molecule has 4 heterocycles. The number of alkyl halides is 3. The van der Waals surface area contributed by atoms with E-state index in [1.54, 1.807) is 34.7 Å². The number of nitrogens with zero attached hydrogens (tertiary/aromatic N) is 6. The summed E-state index contributed by atoms with van der Waals surface area (Å²) < 4.78 is 43.8. The average molecular weight is 499 g/mol. The predicted octanol–water partition coefficient (Wildman–Crippen LogP) is 3.04. The third-order valence-corrected chi connectivity index (χ3v) is 6.41. The number of benzene rings is 1. The number of anilines is 1. The highest BCUT2D eigenvalue weighted by molar-refractivity contribution is 5.95. The zero-order valence-electron chi connectivity index (χ0n) is 19.7. The largest absolute Gasteiger partial charge is 0.435 e. The SMILES string of the molecule is CCn1c(C)c(C(=O)N[C@H]2CCN(c3ccc4ncc(C(F)(F)F)n4n3)C2)c(=O)n1-c1ccccc1. The van der Waals surface area contributed by atoms with Crippen LogP contribution in [0.4, 0.5) is 19.0 Å². The van der Waals surface area contributed by atoms with E-state index in [4.69, 9.17) is 0 Å². The zero-order valence-corrected chi connectivity index (χ0v) is 19.7. The highest BCUT2D eigenvalue weighted by atomic mass is 19.4. The Hall–Kier alpha value is -4.09. The van der Waals surface area contributed by atoms with Gasteiger partial charge < -0.3 is 10.2 Å². The first-order valence-electron chi connectivity index (χ1n) is 11.5. The fourth-order valence-corrected chi connectivity index (χ4v) is 4.68. The van der Waals surface area contributed by atoms with Gasteiger partial charge >= 0.3 is 6.18 Å². The van der Waals surface area contributed by atoms with Crippen LogP contribution < -0.4 is 15.8 Å². The molecule has 1 aromatic carbocycles. The van der Waals surface area contributed by atoms with E-state index in [1.807, 2.05) is 25.1 Å². The maximum Gasteiger partial charge on any atom is 0.435 e. The number of fused-ring (bicyclic) bond motifs is 1. The third-order valence-electron chi connectivity index (χ3n) is 6.41. The van der Waals surface area contributed by atoms with Gasteiger partial charge in [-0.1, -0.05) is 18.2 Å². The Labute approximate surface area is 203 Å². The molecule has 1 fully saturated rings. The van der Waals surface area contributed by atoms with Crippen molar-refractivity contribution >= 4 is 17.4 Å². The van der Waals surface area contributed by atoms with Gasteiger partial charge in [0.05, 0.1) is 17.6 Å². The Kier molecular flexibility index (Phi) is 5.81. The van der Waals surface area contributed by atoms with Crippen molar-refractivity contribution in [3.8, 4) is 5.69 Å². The summed E-state index contributed by atoms with van der Waals surface area (Å²) in [5, 5.41) is 7.06. The first-order valence-corrected chi connectivity index (χ1v) is 11.5. The molecule has 36 heavy (non-hydrogen) atoms. The van der Waals surface area contributed by atoms with Gasteiger partial charge in [-0.3, -0.25) is 14.3 Å². The molecule has 9 nitrogen and oxygen atoms in total. The van der Waals surface area contributed by atoms with Crippen molar-refractivity contribution in [2.75, 3.05) is 18.0 Å². The van der Waals surface area contributed by atoms with E-state index in [-0.39, 0.29) is 17.3 Å². The van der Waals surface area contributed by atoms with Crippen molar-refractivity contribution in [2.24, 2.45) is 0 Å². The fourth-order valence-electron chi connectivity index (χ4n) is 4.68. The van der Waals surface area contributed by atoms with Gasteiger partial charge in [-0.15, -0.1) is 5.10 Å². The van der Waals surface area contributed by atoms with Crippen molar-refractivity contribution in [3.63, 3.8) is 0 Å². The van der Waals surface area contributed by atoms with Crippen molar-refractivity contribution in [2.45, 2.75) is 39.0 Å². The zero-order chi connectivity index (χ0) is 25.6. The predicted molar refractivity (Wildman–Crippen MR) is 127 cm³/mol. The van der Waals surface area contributed by atoms with Crippen molar-refractivity contribution in [1.82, 2.24) is 29.3 Å². The van der Waals surface area contributed by atoms with Gasteiger partial charge in [-0.05, 0) is 44.5 Å². The lowest BCUT2D eigenvalue weighted by atomic mass is 10.2. The summed E-state index contributed by atoms with van der Waals surface area (Å²) in [6.45, 7) is 4.98. The number of rotatable bonds is 5. The van der Waals surface area contributed by atoms with Crippen molar-refractivity contribution in [1.29, 1.82) is 0 Å². The van der Waals surface area contributed by atoms with E-state index in [0.29, 0.717) is 43.3 Å². The molecule has 0 aliphatic carbocycles. The van der Waals surface area contributed by atoms with Gasteiger partial charge in [-0.25, -0.2) is 14.2 Å². The maximum atomic E-state index is 13.3. The molecule has 0 bridgehead atoms. The molecule has 188 valence electrons. The smallest absolute Gasteiger partial charge is 0.353 e. The van der Waals surface area contributed by atoms with E-state index >= 15 is 0 Å². The second-order valence-electron chi connectivity index (χ2n) is 8.64. The van der Waals surface area contributed by atoms with Gasteiger partial charge in [0.25, 0.3) is 11.5 Å². The Morgan fingerprint density at radius 2 is 1.92 bits per heavy atom. The lowest BCUT2D eigenvalue weighted by Gasteiger charge is -2.18. The summed E-state index contributed by atoms with van der Waals surface area (Å²) in [5.41, 5.74) is 0.0461. The number of hydrogen-bond acceptors (Lipinski definition) is 5. The molecular formula is C24H24F3N7O2. The molecule has 0 unspecified atom stereocenters. The number of hydrogen-bond donors (Lipinski definition) is 1. The molecule has 0 saturated carbocycles. The van der Waals surface area contributed by atoms with E-state index in [2.05, 4.69) is 15.4 Å². The standard InChI is InChI=1S/C24H24F3N7O2/c1-3-32-15(2)21(23(36)34(32)17-7-5-4-6-8-17)22(35)29-16-11-12-31(14-16)20-10-9-19-28-13-18(24(25,26)27)33(19)30-20/h4-10,13,16H,3,11-12,14H2,1-2H3,(H,29,35)/t16-/m0/s1. The molecule has 1 aliphatic rings. The number of carbonyl (C=O) groups excluding carboxylic acids is 1. The van der Waals surface area contributed by atoms with Crippen LogP contribution in [-0.4, -0.2) is 49.0 Å². The second-order valence-corrected chi connectivity index (χ2v) is 8.64. The van der Waals surface area contributed by atoms with Crippen LogP contribution in [0, 0.1) is 6.92 Å². The van der Waals surface area contributed by atoms with Crippen molar-refractivity contribution in [3.05, 3.63) is 76.0 Å². The first kappa shape index (κ1) is 23.6. The quantitative estimate of drug-likeness (QED) is 0.456. The lowest BCUT2D eigenvalue weighted by molar-refractivity contribution is -0.142. The van der Waals surface area contributed by atoms with Crippen LogP contribution in [0.15, 0.2) is 53.5 Å². The minimum absolute atomic E-state index is 0.0759. The average Bonchev–Trinajstić information content (AvgIpc) is 3.54. The number of amides is 1. The topological polar surface area (TPSA) is 89.5 Å². The van der Waals surface area contributed by atoms with Gasteiger partial charge in [0.2, 0.25) is 0 Å². The number of halogens is 3. The molecule has 4 aromatic rings. The molecule has 1 amide bonds. The molecular weight excluding hydrogens is 475 g/mol. The summed E-state index contributed by atoms with van der Waals surface area (Å²) in [4.78, 5) is 32.0. The molecule has 0 spiro atoms. The van der Waals surface area contributed by atoms with Crippen LogP contribution in [0.1, 0.15) is 35.1 Å². The van der Waals surface area contributed by atoms with Crippen LogP contribution in [0.3, 0.4) is 0 Å². The van der Waals surface area contributed by atoms with Crippen LogP contribution in [-0.2, 0) is 12.7 Å².